The third-order valence-corrected chi connectivity index (χ3v) is 3.33. The molecule has 2 amide bonds. The molecule has 1 aliphatic carbocycles. The summed E-state index contributed by atoms with van der Waals surface area (Å²) in [6.07, 6.45) is 3.11. The minimum absolute atomic E-state index is 0.0601. The summed E-state index contributed by atoms with van der Waals surface area (Å²) >= 11 is 0. The quantitative estimate of drug-likeness (QED) is 0.838. The maximum absolute atomic E-state index is 12.1. The van der Waals surface area contributed by atoms with Gasteiger partial charge in [0.2, 0.25) is 0 Å². The topological polar surface area (TPSA) is 69.6 Å². The van der Waals surface area contributed by atoms with Gasteiger partial charge in [0, 0.05) is 19.1 Å². The summed E-state index contributed by atoms with van der Waals surface area (Å²) in [5.41, 5.74) is 1.04. The second-order valence-electron chi connectivity index (χ2n) is 5.09. The second kappa shape index (κ2) is 6.41. The van der Waals surface area contributed by atoms with E-state index in [0.29, 0.717) is 12.6 Å². The summed E-state index contributed by atoms with van der Waals surface area (Å²) in [6.45, 7) is 3.18. The lowest BCUT2D eigenvalue weighted by Crippen LogP contribution is -2.41. The van der Waals surface area contributed by atoms with Gasteiger partial charge in [-0.3, -0.25) is 0 Å². The molecule has 0 spiro atoms. The molecule has 0 radical (unpaired) electrons. The number of nitrogens with zero attached hydrogens (tertiary/aromatic N) is 1. The highest BCUT2D eigenvalue weighted by Crippen LogP contribution is 2.26. The Bertz CT molecular complexity index is 498. The van der Waals surface area contributed by atoms with E-state index in [1.54, 1.807) is 18.2 Å². The summed E-state index contributed by atoms with van der Waals surface area (Å²) in [5.74, 6) is -0.955. The smallest absolute Gasteiger partial charge is 0.335 e. The molecule has 1 aromatic rings. The van der Waals surface area contributed by atoms with Crippen LogP contribution >= 0.6 is 0 Å². The fourth-order valence-corrected chi connectivity index (χ4v) is 2.17. The molecular formula is C15H20N2O3. The van der Waals surface area contributed by atoms with Gasteiger partial charge in [-0.1, -0.05) is 19.1 Å². The molecule has 0 bridgehead atoms. The van der Waals surface area contributed by atoms with Crippen molar-refractivity contribution in [2.75, 3.05) is 6.54 Å². The van der Waals surface area contributed by atoms with Gasteiger partial charge in [0.15, 0.2) is 0 Å². The van der Waals surface area contributed by atoms with Crippen LogP contribution in [0.3, 0.4) is 0 Å². The Labute approximate surface area is 118 Å². The Morgan fingerprint density at radius 2 is 2.15 bits per heavy atom. The van der Waals surface area contributed by atoms with Crippen LogP contribution in [0.1, 0.15) is 42.1 Å². The molecule has 2 N–H and O–H groups in total. The largest absolute Gasteiger partial charge is 0.478 e. The van der Waals surface area contributed by atoms with Crippen molar-refractivity contribution in [3.05, 3.63) is 35.4 Å². The molecule has 0 saturated heterocycles. The Morgan fingerprint density at radius 1 is 1.40 bits per heavy atom. The first-order valence-corrected chi connectivity index (χ1v) is 6.98. The maximum Gasteiger partial charge on any atom is 0.335 e. The zero-order valence-electron chi connectivity index (χ0n) is 11.6. The van der Waals surface area contributed by atoms with E-state index < -0.39 is 5.97 Å². The van der Waals surface area contributed by atoms with E-state index in [0.717, 1.165) is 31.4 Å². The molecule has 0 aliphatic heterocycles. The normalized spacial score (nSPS) is 13.8. The number of carboxylic acids is 1. The standard InChI is InChI=1S/C15H20N2O3/c1-2-8-17(13-6-7-13)15(20)16-10-11-4-3-5-12(9-11)14(18)19/h3-5,9,13H,2,6-8,10H2,1H3,(H,16,20)(H,18,19). The number of rotatable bonds is 6. The summed E-state index contributed by atoms with van der Waals surface area (Å²) in [5, 5.41) is 11.8. The van der Waals surface area contributed by atoms with Crippen LogP contribution in [0.15, 0.2) is 24.3 Å². The fourth-order valence-electron chi connectivity index (χ4n) is 2.17. The lowest BCUT2D eigenvalue weighted by Gasteiger charge is -2.22. The van der Waals surface area contributed by atoms with Crippen molar-refractivity contribution in [2.24, 2.45) is 0 Å². The summed E-state index contributed by atoms with van der Waals surface area (Å²) < 4.78 is 0. The van der Waals surface area contributed by atoms with E-state index in [9.17, 15) is 9.59 Å². The highest BCUT2D eigenvalue weighted by molar-refractivity contribution is 5.87. The van der Waals surface area contributed by atoms with E-state index in [-0.39, 0.29) is 11.6 Å². The van der Waals surface area contributed by atoms with Crippen LogP contribution in [0, 0.1) is 0 Å². The molecule has 20 heavy (non-hydrogen) atoms. The van der Waals surface area contributed by atoms with Crippen LogP contribution in [0.4, 0.5) is 4.79 Å². The Hall–Kier alpha value is -2.04. The van der Waals surface area contributed by atoms with E-state index in [1.165, 1.54) is 0 Å². The van der Waals surface area contributed by atoms with Crippen molar-refractivity contribution >= 4 is 12.0 Å². The lowest BCUT2D eigenvalue weighted by atomic mass is 10.1. The third kappa shape index (κ3) is 3.73. The van der Waals surface area contributed by atoms with Gasteiger partial charge in [0.1, 0.15) is 0 Å². The van der Waals surface area contributed by atoms with Crippen molar-refractivity contribution in [2.45, 2.75) is 38.8 Å². The molecule has 108 valence electrons. The van der Waals surface area contributed by atoms with Gasteiger partial charge in [-0.05, 0) is 37.0 Å². The van der Waals surface area contributed by atoms with Crippen molar-refractivity contribution in [3.63, 3.8) is 0 Å². The molecule has 0 aromatic heterocycles. The molecule has 0 unspecified atom stereocenters. The number of urea groups is 1. The molecule has 1 aliphatic rings. The Morgan fingerprint density at radius 3 is 2.75 bits per heavy atom. The molecule has 0 heterocycles. The highest BCUT2D eigenvalue weighted by atomic mass is 16.4. The van der Waals surface area contributed by atoms with Gasteiger partial charge >= 0.3 is 12.0 Å². The number of carboxylic acid groups (broad SMARTS) is 1. The molecule has 1 aromatic carbocycles. The minimum Gasteiger partial charge on any atom is -0.478 e. The van der Waals surface area contributed by atoms with E-state index in [2.05, 4.69) is 12.2 Å². The van der Waals surface area contributed by atoms with Crippen LogP contribution < -0.4 is 5.32 Å². The van der Waals surface area contributed by atoms with Crippen molar-refractivity contribution in [3.8, 4) is 0 Å². The van der Waals surface area contributed by atoms with Crippen LogP contribution in [0.2, 0.25) is 0 Å². The first-order valence-electron chi connectivity index (χ1n) is 6.98. The van der Waals surface area contributed by atoms with Crippen LogP contribution in [0.25, 0.3) is 0 Å². The van der Waals surface area contributed by atoms with Gasteiger partial charge in [0.25, 0.3) is 0 Å². The van der Waals surface area contributed by atoms with Gasteiger partial charge in [-0.25, -0.2) is 9.59 Å². The zero-order chi connectivity index (χ0) is 14.5. The van der Waals surface area contributed by atoms with Crippen molar-refractivity contribution < 1.29 is 14.7 Å². The van der Waals surface area contributed by atoms with E-state index in [1.807, 2.05) is 11.0 Å². The monoisotopic (exact) mass is 276 g/mol. The number of aromatic carboxylic acids is 1. The number of benzene rings is 1. The molecule has 1 fully saturated rings. The van der Waals surface area contributed by atoms with Gasteiger partial charge in [-0.2, -0.15) is 0 Å². The minimum atomic E-state index is -0.955. The van der Waals surface area contributed by atoms with Gasteiger partial charge < -0.3 is 15.3 Å². The predicted octanol–water partition coefficient (Wildman–Crippen LogP) is 2.47. The lowest BCUT2D eigenvalue weighted by molar-refractivity contribution is 0.0696. The number of nitrogens with one attached hydrogen (secondary N) is 1. The predicted molar refractivity (Wildman–Crippen MR) is 75.7 cm³/mol. The number of hydrogen-bond donors (Lipinski definition) is 2. The third-order valence-electron chi connectivity index (χ3n) is 3.33. The first kappa shape index (κ1) is 14.4. The van der Waals surface area contributed by atoms with E-state index in [4.69, 9.17) is 5.11 Å². The van der Waals surface area contributed by atoms with Crippen molar-refractivity contribution in [1.29, 1.82) is 0 Å². The summed E-state index contributed by atoms with van der Waals surface area (Å²) in [6, 6.07) is 6.96. The highest BCUT2D eigenvalue weighted by Gasteiger charge is 2.31. The maximum atomic E-state index is 12.1. The van der Waals surface area contributed by atoms with Crippen molar-refractivity contribution in [1.82, 2.24) is 10.2 Å². The van der Waals surface area contributed by atoms with Gasteiger partial charge in [-0.15, -0.1) is 0 Å². The average molecular weight is 276 g/mol. The number of amides is 2. The molecule has 1 saturated carbocycles. The number of carbonyl (C=O) groups is 2. The number of hydrogen-bond acceptors (Lipinski definition) is 2. The number of carbonyl (C=O) groups excluding carboxylic acids is 1. The van der Waals surface area contributed by atoms with Crippen LogP contribution in [-0.2, 0) is 6.54 Å². The Kier molecular flexibility index (Phi) is 4.61. The first-order chi connectivity index (χ1) is 9.61. The molecular weight excluding hydrogens is 256 g/mol. The van der Waals surface area contributed by atoms with Crippen LogP contribution in [-0.4, -0.2) is 34.6 Å². The molecule has 5 nitrogen and oxygen atoms in total. The van der Waals surface area contributed by atoms with E-state index >= 15 is 0 Å². The van der Waals surface area contributed by atoms with Gasteiger partial charge in [0.05, 0.1) is 5.56 Å². The summed E-state index contributed by atoms with van der Waals surface area (Å²) in [4.78, 5) is 24.9. The second-order valence-corrected chi connectivity index (χ2v) is 5.09. The zero-order valence-corrected chi connectivity index (χ0v) is 11.6. The summed E-state index contributed by atoms with van der Waals surface area (Å²) in [7, 11) is 0. The van der Waals surface area contributed by atoms with Crippen LogP contribution in [0.5, 0.6) is 0 Å². The molecule has 2 rings (SSSR count). The molecule has 0 atom stereocenters. The molecule has 5 heteroatoms. The average Bonchev–Trinajstić information content (AvgIpc) is 3.27. The Balaban J connectivity index is 1.92. The SMILES string of the molecule is CCCN(C(=O)NCc1cccc(C(=O)O)c1)C1CC1. The fraction of sp³-hybridized carbons (Fsp3) is 0.467.